The molecule has 0 bridgehead atoms. The van der Waals surface area contributed by atoms with Crippen LogP contribution in [0.5, 0.6) is 5.75 Å². The van der Waals surface area contributed by atoms with Crippen molar-refractivity contribution in [2.75, 3.05) is 27.2 Å². The van der Waals surface area contributed by atoms with Gasteiger partial charge in [-0.1, -0.05) is 13.0 Å². The third-order valence-corrected chi connectivity index (χ3v) is 4.02. The third-order valence-electron chi connectivity index (χ3n) is 4.02. The van der Waals surface area contributed by atoms with E-state index in [9.17, 15) is 9.18 Å². The van der Waals surface area contributed by atoms with E-state index < -0.39 is 5.82 Å². The van der Waals surface area contributed by atoms with E-state index in [1.807, 2.05) is 7.05 Å². The van der Waals surface area contributed by atoms with Crippen LogP contribution < -0.4 is 4.74 Å². The molecule has 1 aliphatic carbocycles. The maximum absolute atomic E-state index is 13.8. The van der Waals surface area contributed by atoms with Crippen LogP contribution in [0.25, 0.3) is 0 Å². The van der Waals surface area contributed by atoms with E-state index in [-0.39, 0.29) is 11.3 Å². The van der Waals surface area contributed by atoms with Crippen molar-refractivity contribution in [1.29, 1.82) is 0 Å². The molecule has 20 heavy (non-hydrogen) atoms. The van der Waals surface area contributed by atoms with Crippen LogP contribution in [-0.2, 0) is 0 Å². The number of Topliss-reactive ketones (excluding diaryl/α,β-unsaturated/α-hetero) is 1. The highest BCUT2D eigenvalue weighted by molar-refractivity contribution is 5.99. The third kappa shape index (κ3) is 3.57. The van der Waals surface area contributed by atoms with E-state index in [0.29, 0.717) is 18.7 Å². The minimum atomic E-state index is -0.507. The molecule has 1 fully saturated rings. The Hall–Kier alpha value is -1.42. The lowest BCUT2D eigenvalue weighted by Crippen LogP contribution is -2.24. The zero-order chi connectivity index (χ0) is 14.7. The average Bonchev–Trinajstić information content (AvgIpc) is 3.10. The molecule has 1 aromatic carbocycles. The zero-order valence-corrected chi connectivity index (χ0v) is 12.4. The van der Waals surface area contributed by atoms with Crippen molar-refractivity contribution in [3.05, 3.63) is 29.6 Å². The highest BCUT2D eigenvalue weighted by Gasteiger charge is 2.33. The van der Waals surface area contributed by atoms with Gasteiger partial charge in [-0.25, -0.2) is 4.39 Å². The number of hydrogen-bond acceptors (Lipinski definition) is 3. The molecule has 110 valence electrons. The van der Waals surface area contributed by atoms with Crippen molar-refractivity contribution in [3.63, 3.8) is 0 Å². The Bertz CT molecular complexity index is 489. The number of ketones is 1. The number of ether oxygens (including phenoxy) is 1. The molecule has 1 saturated carbocycles. The van der Waals surface area contributed by atoms with E-state index in [2.05, 4.69) is 11.8 Å². The number of carbonyl (C=O) groups is 1. The average molecular weight is 279 g/mol. The van der Waals surface area contributed by atoms with Crippen LogP contribution in [0.2, 0.25) is 0 Å². The van der Waals surface area contributed by atoms with E-state index in [1.54, 1.807) is 12.1 Å². The predicted molar refractivity (Wildman–Crippen MR) is 76.7 cm³/mol. The molecule has 1 aliphatic rings. The molecule has 2 rings (SSSR count). The van der Waals surface area contributed by atoms with Gasteiger partial charge < -0.3 is 9.64 Å². The standard InChI is InChI=1S/C16H22FNO2/c1-11-9-12(11)10-18(2)8-7-14(19)16-13(17)5-4-6-15(16)20-3/h4-6,11-12H,7-10H2,1-3H3. The van der Waals surface area contributed by atoms with Crippen LogP contribution >= 0.6 is 0 Å². The van der Waals surface area contributed by atoms with Gasteiger partial charge in [0.25, 0.3) is 0 Å². The second-order valence-corrected chi connectivity index (χ2v) is 5.73. The summed E-state index contributed by atoms with van der Waals surface area (Å²) in [5, 5.41) is 0. The number of halogens is 1. The van der Waals surface area contributed by atoms with Gasteiger partial charge in [0.05, 0.1) is 12.7 Å². The van der Waals surface area contributed by atoms with Gasteiger partial charge in [0.1, 0.15) is 11.6 Å². The van der Waals surface area contributed by atoms with Crippen molar-refractivity contribution < 1.29 is 13.9 Å². The summed E-state index contributed by atoms with van der Waals surface area (Å²) >= 11 is 0. The lowest BCUT2D eigenvalue weighted by atomic mass is 10.1. The molecule has 0 saturated heterocycles. The summed E-state index contributed by atoms with van der Waals surface area (Å²) in [7, 11) is 3.46. The first-order chi connectivity index (χ1) is 9.52. The van der Waals surface area contributed by atoms with Crippen molar-refractivity contribution in [3.8, 4) is 5.75 Å². The van der Waals surface area contributed by atoms with Gasteiger partial charge in [-0.3, -0.25) is 4.79 Å². The Labute approximate surface area is 119 Å². The molecular formula is C16H22FNO2. The Kier molecular flexibility index (Phi) is 4.76. The van der Waals surface area contributed by atoms with Gasteiger partial charge in [-0.15, -0.1) is 0 Å². The molecule has 1 aromatic rings. The first-order valence-electron chi connectivity index (χ1n) is 7.07. The van der Waals surface area contributed by atoms with Gasteiger partial charge in [0.2, 0.25) is 0 Å². The van der Waals surface area contributed by atoms with Crippen molar-refractivity contribution in [2.24, 2.45) is 11.8 Å². The predicted octanol–water partition coefficient (Wildman–Crippen LogP) is 2.99. The normalized spacial score (nSPS) is 21.1. The maximum atomic E-state index is 13.8. The Morgan fingerprint density at radius 1 is 1.50 bits per heavy atom. The molecule has 0 spiro atoms. The largest absolute Gasteiger partial charge is 0.496 e. The molecule has 2 atom stereocenters. The number of methoxy groups -OCH3 is 1. The van der Waals surface area contributed by atoms with Crippen LogP contribution in [0.4, 0.5) is 4.39 Å². The Morgan fingerprint density at radius 2 is 2.20 bits per heavy atom. The maximum Gasteiger partial charge on any atom is 0.170 e. The monoisotopic (exact) mass is 279 g/mol. The van der Waals surface area contributed by atoms with E-state index in [1.165, 1.54) is 19.6 Å². The Balaban J connectivity index is 1.91. The number of nitrogens with zero attached hydrogens (tertiary/aromatic N) is 1. The number of hydrogen-bond donors (Lipinski definition) is 0. The van der Waals surface area contributed by atoms with Gasteiger partial charge in [0.15, 0.2) is 5.78 Å². The molecule has 2 unspecified atom stereocenters. The van der Waals surface area contributed by atoms with Crippen molar-refractivity contribution in [2.45, 2.75) is 19.8 Å². The van der Waals surface area contributed by atoms with Gasteiger partial charge in [0, 0.05) is 19.5 Å². The molecule has 0 N–H and O–H groups in total. The van der Waals surface area contributed by atoms with E-state index in [0.717, 1.165) is 18.4 Å². The first kappa shape index (κ1) is 15.0. The molecule has 4 heteroatoms. The number of carbonyl (C=O) groups excluding carboxylic acids is 1. The summed E-state index contributed by atoms with van der Waals surface area (Å²) in [6.07, 6.45) is 1.59. The lowest BCUT2D eigenvalue weighted by Gasteiger charge is -2.16. The fourth-order valence-electron chi connectivity index (χ4n) is 2.51. The fraction of sp³-hybridized carbons (Fsp3) is 0.562. The second-order valence-electron chi connectivity index (χ2n) is 5.73. The minimum Gasteiger partial charge on any atom is -0.496 e. The first-order valence-corrected chi connectivity index (χ1v) is 7.07. The SMILES string of the molecule is COc1cccc(F)c1C(=O)CCN(C)CC1CC1C. The van der Waals surface area contributed by atoms with Crippen LogP contribution in [-0.4, -0.2) is 37.9 Å². The molecule has 0 amide bonds. The van der Waals surface area contributed by atoms with Crippen molar-refractivity contribution in [1.82, 2.24) is 4.90 Å². The van der Waals surface area contributed by atoms with E-state index >= 15 is 0 Å². The van der Waals surface area contributed by atoms with Crippen LogP contribution in [0.15, 0.2) is 18.2 Å². The number of benzene rings is 1. The quantitative estimate of drug-likeness (QED) is 0.719. The molecule has 0 radical (unpaired) electrons. The smallest absolute Gasteiger partial charge is 0.170 e. The molecule has 0 aromatic heterocycles. The summed E-state index contributed by atoms with van der Waals surface area (Å²) in [6.45, 7) is 3.91. The van der Waals surface area contributed by atoms with Gasteiger partial charge in [-0.05, 0) is 37.4 Å². The number of rotatable bonds is 7. The zero-order valence-electron chi connectivity index (χ0n) is 12.4. The Morgan fingerprint density at radius 3 is 2.80 bits per heavy atom. The highest BCUT2D eigenvalue weighted by Crippen LogP contribution is 2.37. The summed E-state index contributed by atoms with van der Waals surface area (Å²) in [5.41, 5.74) is 0.0724. The van der Waals surface area contributed by atoms with Gasteiger partial charge in [-0.2, -0.15) is 0 Å². The van der Waals surface area contributed by atoms with Crippen LogP contribution in [0, 0.1) is 17.7 Å². The highest BCUT2D eigenvalue weighted by atomic mass is 19.1. The fourth-order valence-corrected chi connectivity index (χ4v) is 2.51. The molecular weight excluding hydrogens is 257 g/mol. The molecule has 0 aliphatic heterocycles. The summed E-state index contributed by atoms with van der Waals surface area (Å²) in [4.78, 5) is 14.3. The molecule has 3 nitrogen and oxygen atoms in total. The van der Waals surface area contributed by atoms with Crippen LogP contribution in [0.3, 0.4) is 0 Å². The topological polar surface area (TPSA) is 29.5 Å². The van der Waals surface area contributed by atoms with Gasteiger partial charge >= 0.3 is 0 Å². The summed E-state index contributed by atoms with van der Waals surface area (Å²) < 4.78 is 18.8. The minimum absolute atomic E-state index is 0.0724. The summed E-state index contributed by atoms with van der Waals surface area (Å²) in [5.74, 6) is 1.18. The lowest BCUT2D eigenvalue weighted by molar-refractivity contribution is 0.0961. The van der Waals surface area contributed by atoms with Crippen LogP contribution in [0.1, 0.15) is 30.1 Å². The molecule has 0 heterocycles. The van der Waals surface area contributed by atoms with Crippen molar-refractivity contribution >= 4 is 5.78 Å². The summed E-state index contributed by atoms with van der Waals surface area (Å²) in [6, 6.07) is 4.46. The van der Waals surface area contributed by atoms with E-state index in [4.69, 9.17) is 4.74 Å². The second kappa shape index (κ2) is 6.35.